The van der Waals surface area contributed by atoms with Gasteiger partial charge in [-0.1, -0.05) is 29.5 Å². The molecule has 9 nitrogen and oxygen atoms in total. The van der Waals surface area contributed by atoms with Crippen molar-refractivity contribution in [1.29, 1.82) is 0 Å². The van der Waals surface area contributed by atoms with Crippen LogP contribution in [0.4, 0.5) is 11.4 Å². The van der Waals surface area contributed by atoms with Crippen molar-refractivity contribution in [2.75, 3.05) is 23.5 Å². The molecule has 3 rings (SSSR count). The quantitative estimate of drug-likeness (QED) is 0.483. The number of H-pyrrole nitrogens is 1. The highest BCUT2D eigenvalue weighted by Crippen LogP contribution is 2.26. The molecule has 0 fully saturated rings. The maximum Gasteiger partial charge on any atom is 0.278 e. The molecule has 3 N–H and O–H groups in total. The molecule has 0 bridgehead atoms. The molecule has 1 heterocycles. The first-order valence-electron chi connectivity index (χ1n) is 9.28. The Kier molecular flexibility index (Phi) is 7.03. The van der Waals surface area contributed by atoms with Gasteiger partial charge in [-0.05, 0) is 31.2 Å². The molecule has 1 aromatic heterocycles. The zero-order chi connectivity index (χ0) is 22.4. The molecule has 10 heteroatoms. The highest BCUT2D eigenvalue weighted by molar-refractivity contribution is 7.99. The number of methoxy groups -OCH3 is 1. The van der Waals surface area contributed by atoms with Crippen molar-refractivity contribution >= 4 is 35.0 Å². The Hall–Kier alpha value is -3.66. The number of rotatable bonds is 7. The second-order valence-corrected chi connectivity index (χ2v) is 7.57. The lowest BCUT2D eigenvalue weighted by Crippen LogP contribution is -2.18. The number of aromatic nitrogens is 3. The summed E-state index contributed by atoms with van der Waals surface area (Å²) in [5.41, 5.74) is 2.05. The largest absolute Gasteiger partial charge is 0.497 e. The lowest BCUT2D eigenvalue weighted by atomic mass is 10.1. The van der Waals surface area contributed by atoms with Crippen molar-refractivity contribution in [3.8, 4) is 17.0 Å². The number of benzene rings is 2. The zero-order valence-electron chi connectivity index (χ0n) is 17.2. The summed E-state index contributed by atoms with van der Waals surface area (Å²) >= 11 is 1.05. The Balaban J connectivity index is 1.71. The SMILES string of the molecule is COc1cccc(NC(=O)CSc2nnc(-c3cc(C)ccc3NC(C)=O)c(=O)[nH]2)c1. The van der Waals surface area contributed by atoms with Crippen LogP contribution in [0, 0.1) is 6.92 Å². The van der Waals surface area contributed by atoms with Gasteiger partial charge in [-0.2, -0.15) is 0 Å². The van der Waals surface area contributed by atoms with Crippen LogP contribution in [0.15, 0.2) is 52.4 Å². The molecule has 0 saturated carbocycles. The Labute approximate surface area is 182 Å². The number of hydrogen-bond acceptors (Lipinski definition) is 7. The molecular formula is C21H21N5O4S. The van der Waals surface area contributed by atoms with E-state index in [4.69, 9.17) is 4.74 Å². The monoisotopic (exact) mass is 439 g/mol. The van der Waals surface area contributed by atoms with E-state index in [1.165, 1.54) is 6.92 Å². The van der Waals surface area contributed by atoms with Gasteiger partial charge in [-0.15, -0.1) is 10.2 Å². The van der Waals surface area contributed by atoms with E-state index < -0.39 is 5.56 Å². The Bertz CT molecular complexity index is 1180. The number of nitrogens with zero attached hydrogens (tertiary/aromatic N) is 2. The van der Waals surface area contributed by atoms with Gasteiger partial charge in [0, 0.05) is 24.2 Å². The molecule has 0 aliphatic rings. The lowest BCUT2D eigenvalue weighted by molar-refractivity contribution is -0.114. The van der Waals surface area contributed by atoms with Crippen LogP contribution < -0.4 is 20.9 Å². The first kappa shape index (κ1) is 22.0. The topological polar surface area (TPSA) is 126 Å². The summed E-state index contributed by atoms with van der Waals surface area (Å²) < 4.78 is 5.13. The molecule has 2 aromatic carbocycles. The van der Waals surface area contributed by atoms with Gasteiger partial charge in [0.05, 0.1) is 18.6 Å². The van der Waals surface area contributed by atoms with Crippen molar-refractivity contribution in [1.82, 2.24) is 15.2 Å². The summed E-state index contributed by atoms with van der Waals surface area (Å²) in [4.78, 5) is 38.9. The first-order valence-corrected chi connectivity index (χ1v) is 10.3. The maximum atomic E-state index is 12.6. The third-order valence-corrected chi connectivity index (χ3v) is 4.97. The van der Waals surface area contributed by atoms with Crippen molar-refractivity contribution in [3.63, 3.8) is 0 Å². The zero-order valence-corrected chi connectivity index (χ0v) is 18.0. The fraction of sp³-hybridized carbons (Fsp3) is 0.190. The fourth-order valence-electron chi connectivity index (χ4n) is 2.75. The van der Waals surface area contributed by atoms with Crippen LogP contribution in [0.2, 0.25) is 0 Å². The third-order valence-electron chi connectivity index (χ3n) is 4.11. The van der Waals surface area contributed by atoms with Crippen LogP contribution in [0.25, 0.3) is 11.3 Å². The van der Waals surface area contributed by atoms with Crippen LogP contribution in [0.1, 0.15) is 12.5 Å². The number of carbonyl (C=O) groups excluding carboxylic acids is 2. The molecule has 0 unspecified atom stereocenters. The molecule has 0 aliphatic heterocycles. The van der Waals surface area contributed by atoms with Gasteiger partial charge in [0.15, 0.2) is 10.9 Å². The number of aryl methyl sites for hydroxylation is 1. The van der Waals surface area contributed by atoms with Crippen LogP contribution >= 0.6 is 11.8 Å². The van der Waals surface area contributed by atoms with Crippen molar-refractivity contribution in [3.05, 3.63) is 58.4 Å². The molecule has 0 spiro atoms. The molecular weight excluding hydrogens is 418 g/mol. The number of nitrogens with one attached hydrogen (secondary N) is 3. The Morgan fingerprint density at radius 2 is 1.94 bits per heavy atom. The van der Waals surface area contributed by atoms with Crippen LogP contribution in [0.3, 0.4) is 0 Å². The summed E-state index contributed by atoms with van der Waals surface area (Å²) in [7, 11) is 1.55. The van der Waals surface area contributed by atoms with E-state index in [1.807, 2.05) is 13.0 Å². The number of anilines is 2. The van der Waals surface area contributed by atoms with Gasteiger partial charge >= 0.3 is 0 Å². The Morgan fingerprint density at radius 3 is 2.65 bits per heavy atom. The highest BCUT2D eigenvalue weighted by atomic mass is 32.2. The normalized spacial score (nSPS) is 10.4. The van der Waals surface area contributed by atoms with Crippen LogP contribution in [-0.4, -0.2) is 39.9 Å². The van der Waals surface area contributed by atoms with Gasteiger partial charge in [-0.25, -0.2) is 0 Å². The number of aromatic amines is 1. The van der Waals surface area contributed by atoms with Crippen molar-refractivity contribution < 1.29 is 14.3 Å². The van der Waals surface area contributed by atoms with E-state index in [1.54, 1.807) is 43.5 Å². The number of ether oxygens (including phenoxy) is 1. The fourth-order valence-corrected chi connectivity index (χ4v) is 3.35. The summed E-state index contributed by atoms with van der Waals surface area (Å²) in [6.45, 7) is 3.25. The van der Waals surface area contributed by atoms with Crippen LogP contribution in [-0.2, 0) is 9.59 Å². The second-order valence-electron chi connectivity index (χ2n) is 6.61. The van der Waals surface area contributed by atoms with Gasteiger partial charge in [0.2, 0.25) is 11.8 Å². The lowest BCUT2D eigenvalue weighted by Gasteiger charge is -2.10. The molecule has 160 valence electrons. The summed E-state index contributed by atoms with van der Waals surface area (Å²) in [6.07, 6.45) is 0. The second kappa shape index (κ2) is 9.90. The van der Waals surface area contributed by atoms with Crippen molar-refractivity contribution in [2.24, 2.45) is 0 Å². The smallest absolute Gasteiger partial charge is 0.278 e. The number of thioether (sulfide) groups is 1. The minimum atomic E-state index is -0.470. The van der Waals surface area contributed by atoms with Gasteiger partial charge < -0.3 is 15.4 Å². The Morgan fingerprint density at radius 1 is 1.13 bits per heavy atom. The molecule has 0 radical (unpaired) electrons. The van der Waals surface area contributed by atoms with E-state index in [-0.39, 0.29) is 28.4 Å². The predicted octanol–water partition coefficient (Wildman–Crippen LogP) is 2.84. The maximum absolute atomic E-state index is 12.6. The van der Waals surface area contributed by atoms with E-state index in [2.05, 4.69) is 25.8 Å². The van der Waals surface area contributed by atoms with Gasteiger partial charge in [0.25, 0.3) is 5.56 Å². The van der Waals surface area contributed by atoms with E-state index in [9.17, 15) is 14.4 Å². The minimum absolute atomic E-state index is 0.0305. The average molecular weight is 439 g/mol. The van der Waals surface area contributed by atoms with Crippen LogP contribution in [0.5, 0.6) is 5.75 Å². The number of hydrogen-bond donors (Lipinski definition) is 3. The van der Waals surface area contributed by atoms with Crippen molar-refractivity contribution in [2.45, 2.75) is 19.0 Å². The van der Waals surface area contributed by atoms with E-state index in [0.717, 1.165) is 17.3 Å². The molecule has 0 aliphatic carbocycles. The summed E-state index contributed by atoms with van der Waals surface area (Å²) in [5.74, 6) is 0.134. The predicted molar refractivity (Wildman–Crippen MR) is 119 cm³/mol. The van der Waals surface area contributed by atoms with Gasteiger partial charge in [0.1, 0.15) is 5.75 Å². The highest BCUT2D eigenvalue weighted by Gasteiger charge is 2.14. The average Bonchev–Trinajstić information content (AvgIpc) is 2.73. The minimum Gasteiger partial charge on any atom is -0.497 e. The summed E-state index contributed by atoms with van der Waals surface area (Å²) in [6, 6.07) is 12.3. The molecule has 31 heavy (non-hydrogen) atoms. The number of amides is 2. The number of carbonyl (C=O) groups is 2. The standard InChI is InChI=1S/C21H21N5O4S/c1-12-7-8-17(22-13(2)27)16(9-12)19-20(29)24-21(26-25-19)31-11-18(28)23-14-5-4-6-15(10-14)30-3/h4-10H,11H2,1-3H3,(H,22,27)(H,23,28)(H,24,26,29). The molecule has 0 atom stereocenters. The first-order chi connectivity index (χ1) is 14.9. The van der Waals surface area contributed by atoms with E-state index >= 15 is 0 Å². The summed E-state index contributed by atoms with van der Waals surface area (Å²) in [5, 5.41) is 13.7. The third kappa shape index (κ3) is 5.92. The molecule has 3 aromatic rings. The van der Waals surface area contributed by atoms with Gasteiger partial charge in [-0.3, -0.25) is 19.4 Å². The van der Waals surface area contributed by atoms with E-state index in [0.29, 0.717) is 22.7 Å². The molecule has 0 saturated heterocycles. The molecule has 2 amide bonds.